The predicted molar refractivity (Wildman–Crippen MR) is 56.5 cm³/mol. The second-order valence-corrected chi connectivity index (χ2v) is 5.22. The standard InChI is InChI=1S/C12H15F3O3/c1-6(2)10(16)18-9-7-3-4-8(9)11(17,5-7)12(13,14)15/h7-9,17H,1,3-5H2,2H3. The third kappa shape index (κ3) is 1.83. The maximum Gasteiger partial charge on any atom is 0.417 e. The molecule has 4 atom stereocenters. The van der Waals surface area contributed by atoms with Gasteiger partial charge in [-0.2, -0.15) is 13.2 Å². The second-order valence-electron chi connectivity index (χ2n) is 5.22. The molecule has 0 aromatic rings. The lowest BCUT2D eigenvalue weighted by Gasteiger charge is -2.34. The molecular formula is C12H15F3O3. The zero-order valence-electron chi connectivity index (χ0n) is 9.96. The van der Waals surface area contributed by atoms with Crippen molar-refractivity contribution in [2.45, 2.75) is 44.1 Å². The summed E-state index contributed by atoms with van der Waals surface area (Å²) in [6, 6.07) is 0. The highest BCUT2D eigenvalue weighted by Crippen LogP contribution is 2.57. The third-order valence-corrected chi connectivity index (χ3v) is 3.98. The van der Waals surface area contributed by atoms with Gasteiger partial charge in [0.15, 0.2) is 5.60 Å². The van der Waals surface area contributed by atoms with E-state index in [1.54, 1.807) is 0 Å². The van der Waals surface area contributed by atoms with Crippen LogP contribution in [0, 0.1) is 11.8 Å². The van der Waals surface area contributed by atoms with Crippen molar-refractivity contribution in [1.29, 1.82) is 0 Å². The molecule has 102 valence electrons. The van der Waals surface area contributed by atoms with Gasteiger partial charge in [0.05, 0.1) is 0 Å². The molecule has 0 amide bonds. The van der Waals surface area contributed by atoms with Crippen LogP contribution in [-0.2, 0) is 9.53 Å². The molecule has 2 saturated carbocycles. The van der Waals surface area contributed by atoms with Crippen LogP contribution in [0.15, 0.2) is 12.2 Å². The highest BCUT2D eigenvalue weighted by Gasteiger charge is 2.69. The van der Waals surface area contributed by atoms with E-state index in [1.165, 1.54) is 6.92 Å². The lowest BCUT2D eigenvalue weighted by molar-refractivity contribution is -0.279. The summed E-state index contributed by atoms with van der Waals surface area (Å²) in [7, 11) is 0. The Kier molecular flexibility index (Phi) is 2.96. The number of esters is 1. The van der Waals surface area contributed by atoms with E-state index >= 15 is 0 Å². The molecule has 3 nitrogen and oxygen atoms in total. The summed E-state index contributed by atoms with van der Waals surface area (Å²) in [5.41, 5.74) is -2.56. The Morgan fingerprint density at radius 2 is 2.06 bits per heavy atom. The summed E-state index contributed by atoms with van der Waals surface area (Å²) in [6.45, 7) is 4.83. The molecule has 18 heavy (non-hydrogen) atoms. The molecule has 4 unspecified atom stereocenters. The first-order valence-electron chi connectivity index (χ1n) is 5.82. The first-order chi connectivity index (χ1) is 8.17. The van der Waals surface area contributed by atoms with E-state index < -0.39 is 35.7 Å². The van der Waals surface area contributed by atoms with Crippen molar-refractivity contribution in [2.24, 2.45) is 11.8 Å². The van der Waals surface area contributed by atoms with Crippen molar-refractivity contribution < 1.29 is 27.8 Å². The zero-order valence-corrected chi connectivity index (χ0v) is 9.96. The van der Waals surface area contributed by atoms with Gasteiger partial charge < -0.3 is 9.84 Å². The third-order valence-electron chi connectivity index (χ3n) is 3.98. The Hall–Kier alpha value is -1.04. The molecule has 0 radical (unpaired) electrons. The first-order valence-corrected chi connectivity index (χ1v) is 5.82. The summed E-state index contributed by atoms with van der Waals surface area (Å²) in [5, 5.41) is 9.80. The summed E-state index contributed by atoms with van der Waals surface area (Å²) in [4.78, 5) is 11.4. The lowest BCUT2D eigenvalue weighted by atomic mass is 9.83. The number of ether oxygens (including phenoxy) is 1. The number of rotatable bonds is 2. The number of carbonyl (C=O) groups excluding carboxylic acids is 1. The highest BCUT2D eigenvalue weighted by atomic mass is 19.4. The Labute approximate surface area is 103 Å². The van der Waals surface area contributed by atoms with Crippen LogP contribution in [0.4, 0.5) is 13.2 Å². The Morgan fingerprint density at radius 1 is 1.44 bits per heavy atom. The molecule has 2 bridgehead atoms. The van der Waals surface area contributed by atoms with Crippen molar-refractivity contribution in [1.82, 2.24) is 0 Å². The van der Waals surface area contributed by atoms with Crippen molar-refractivity contribution in [3.8, 4) is 0 Å². The number of alkyl halides is 3. The largest absolute Gasteiger partial charge is 0.458 e. The minimum Gasteiger partial charge on any atom is -0.458 e. The Balaban J connectivity index is 2.18. The van der Waals surface area contributed by atoms with Gasteiger partial charge in [-0.25, -0.2) is 4.79 Å². The fraction of sp³-hybridized carbons (Fsp3) is 0.750. The molecule has 2 aliphatic rings. The molecule has 2 rings (SSSR count). The van der Waals surface area contributed by atoms with E-state index in [2.05, 4.69) is 6.58 Å². The molecule has 0 saturated heterocycles. The van der Waals surface area contributed by atoms with Gasteiger partial charge in [0.25, 0.3) is 0 Å². The van der Waals surface area contributed by atoms with E-state index in [4.69, 9.17) is 4.74 Å². The zero-order chi connectivity index (χ0) is 13.7. The van der Waals surface area contributed by atoms with Crippen molar-refractivity contribution in [3.05, 3.63) is 12.2 Å². The molecule has 1 N–H and O–H groups in total. The Bertz CT molecular complexity index is 391. The molecule has 2 fully saturated rings. The highest BCUT2D eigenvalue weighted by molar-refractivity contribution is 5.87. The van der Waals surface area contributed by atoms with Crippen LogP contribution in [0.3, 0.4) is 0 Å². The van der Waals surface area contributed by atoms with Crippen LogP contribution in [-0.4, -0.2) is 29.0 Å². The maximum absolute atomic E-state index is 12.9. The maximum atomic E-state index is 12.9. The van der Waals surface area contributed by atoms with Gasteiger partial charge in [-0.1, -0.05) is 6.58 Å². The van der Waals surface area contributed by atoms with Crippen molar-refractivity contribution in [3.63, 3.8) is 0 Å². The van der Waals surface area contributed by atoms with Gasteiger partial charge in [0, 0.05) is 11.5 Å². The predicted octanol–water partition coefficient (Wildman–Crippen LogP) is 2.20. The van der Waals surface area contributed by atoms with E-state index in [-0.39, 0.29) is 18.4 Å². The molecule has 6 heteroatoms. The average molecular weight is 264 g/mol. The minimum absolute atomic E-state index is 0.150. The number of halogens is 3. The van der Waals surface area contributed by atoms with Crippen LogP contribution >= 0.6 is 0 Å². The SMILES string of the molecule is C=C(C)C(=O)OC1C2CCC1C(O)(C(F)(F)F)C2. The van der Waals surface area contributed by atoms with Gasteiger partial charge in [0.1, 0.15) is 6.10 Å². The van der Waals surface area contributed by atoms with Crippen LogP contribution in [0.25, 0.3) is 0 Å². The minimum atomic E-state index is -4.68. The normalized spacial score (nSPS) is 38.8. The van der Waals surface area contributed by atoms with Gasteiger partial charge >= 0.3 is 12.1 Å². The molecular weight excluding hydrogens is 249 g/mol. The van der Waals surface area contributed by atoms with Crippen molar-refractivity contribution in [2.75, 3.05) is 0 Å². The van der Waals surface area contributed by atoms with E-state index in [0.29, 0.717) is 6.42 Å². The monoisotopic (exact) mass is 264 g/mol. The molecule has 2 aliphatic carbocycles. The molecule has 0 heterocycles. The van der Waals surface area contributed by atoms with Gasteiger partial charge in [0.2, 0.25) is 0 Å². The summed E-state index contributed by atoms with van der Waals surface area (Å²) < 4.78 is 43.6. The fourth-order valence-corrected chi connectivity index (χ4v) is 3.06. The van der Waals surface area contributed by atoms with Crippen LogP contribution in [0.1, 0.15) is 26.2 Å². The summed E-state index contributed by atoms with van der Waals surface area (Å²) >= 11 is 0. The topological polar surface area (TPSA) is 46.5 Å². The molecule has 0 aliphatic heterocycles. The fourth-order valence-electron chi connectivity index (χ4n) is 3.06. The Morgan fingerprint density at radius 3 is 2.50 bits per heavy atom. The number of hydrogen-bond acceptors (Lipinski definition) is 3. The average Bonchev–Trinajstić information content (AvgIpc) is 2.71. The number of hydrogen-bond donors (Lipinski definition) is 1. The molecule has 0 spiro atoms. The van der Waals surface area contributed by atoms with Gasteiger partial charge in [-0.3, -0.25) is 0 Å². The van der Waals surface area contributed by atoms with E-state index in [0.717, 1.165) is 0 Å². The summed E-state index contributed by atoms with van der Waals surface area (Å²) in [5.74, 6) is -2.15. The van der Waals surface area contributed by atoms with Gasteiger partial charge in [-0.05, 0) is 32.1 Å². The number of aliphatic hydroxyl groups is 1. The van der Waals surface area contributed by atoms with Gasteiger partial charge in [-0.15, -0.1) is 0 Å². The lowest BCUT2D eigenvalue weighted by Crippen LogP contribution is -2.50. The second kappa shape index (κ2) is 3.98. The van der Waals surface area contributed by atoms with Crippen LogP contribution in [0.2, 0.25) is 0 Å². The van der Waals surface area contributed by atoms with E-state index in [9.17, 15) is 23.1 Å². The van der Waals surface area contributed by atoms with Crippen molar-refractivity contribution >= 4 is 5.97 Å². The summed E-state index contributed by atoms with van der Waals surface area (Å²) in [6.07, 6.45) is -5.12. The molecule has 0 aromatic carbocycles. The van der Waals surface area contributed by atoms with E-state index in [1.807, 2.05) is 0 Å². The quantitative estimate of drug-likeness (QED) is 0.614. The van der Waals surface area contributed by atoms with Crippen LogP contribution in [0.5, 0.6) is 0 Å². The van der Waals surface area contributed by atoms with Crippen LogP contribution < -0.4 is 0 Å². The number of fused-ring (bicyclic) bond motifs is 2. The number of carbonyl (C=O) groups is 1. The first kappa shape index (κ1) is 13.4. The smallest absolute Gasteiger partial charge is 0.417 e. The molecule has 0 aromatic heterocycles.